The summed E-state index contributed by atoms with van der Waals surface area (Å²) in [5.41, 5.74) is -0.0104. The van der Waals surface area contributed by atoms with Crippen LogP contribution in [0.2, 0.25) is 0 Å². The molecule has 1 atom stereocenters. The molecule has 2 rings (SSSR count). The van der Waals surface area contributed by atoms with Crippen LogP contribution in [0.4, 0.5) is 0 Å². The van der Waals surface area contributed by atoms with Crippen molar-refractivity contribution in [2.75, 3.05) is 32.8 Å². The molecule has 0 aromatic carbocycles. The van der Waals surface area contributed by atoms with Crippen LogP contribution in [0.5, 0.6) is 0 Å². The third-order valence-electron chi connectivity index (χ3n) is 4.07. The number of hydrogen-bond acceptors (Lipinski definition) is 4. The first-order valence-corrected chi connectivity index (χ1v) is 7.21. The molecule has 1 fully saturated rings. The third kappa shape index (κ3) is 3.80. The second-order valence-electron chi connectivity index (χ2n) is 5.43. The number of carbonyl (C=O) groups is 1. The minimum Gasteiger partial charge on any atom is -0.379 e. The Bertz CT molecular complexity index is 415. The molecule has 1 aliphatic rings. The first kappa shape index (κ1) is 15.0. The molecule has 2 heterocycles. The van der Waals surface area contributed by atoms with E-state index in [0.29, 0.717) is 6.54 Å². The number of carbonyl (C=O) groups excluding carboxylic acids is 1. The summed E-state index contributed by atoms with van der Waals surface area (Å²) in [6.07, 6.45) is 4.47. The Morgan fingerprint density at radius 1 is 1.45 bits per heavy atom. The predicted molar refractivity (Wildman–Crippen MR) is 76.3 cm³/mol. The van der Waals surface area contributed by atoms with Gasteiger partial charge in [-0.15, -0.1) is 0 Å². The number of nitrogens with zero attached hydrogens (tertiary/aromatic N) is 3. The normalized spacial score (nSPS) is 19.5. The number of morpholine rings is 1. The highest BCUT2D eigenvalue weighted by atomic mass is 16.5. The molecular weight excluding hydrogens is 256 g/mol. The standard InChI is InChI=1S/C14H24N4O2/c1-3-14(2,17-7-9-20-10-8-17)12-15-13(19)11-18-6-4-5-16-18/h4-6H,3,7-12H2,1-2H3,(H,15,19). The van der Waals surface area contributed by atoms with Gasteiger partial charge in [-0.05, 0) is 19.4 Å². The third-order valence-corrected chi connectivity index (χ3v) is 4.07. The van der Waals surface area contributed by atoms with E-state index in [-0.39, 0.29) is 18.0 Å². The molecule has 0 aliphatic carbocycles. The van der Waals surface area contributed by atoms with Crippen LogP contribution in [-0.2, 0) is 16.1 Å². The molecule has 6 heteroatoms. The van der Waals surface area contributed by atoms with Crippen LogP contribution < -0.4 is 5.32 Å². The Morgan fingerprint density at radius 2 is 2.20 bits per heavy atom. The quantitative estimate of drug-likeness (QED) is 0.824. The van der Waals surface area contributed by atoms with Crippen molar-refractivity contribution in [3.05, 3.63) is 18.5 Å². The van der Waals surface area contributed by atoms with E-state index in [1.54, 1.807) is 17.1 Å². The Hall–Kier alpha value is -1.40. The van der Waals surface area contributed by atoms with E-state index < -0.39 is 0 Å². The maximum Gasteiger partial charge on any atom is 0.241 e. The SMILES string of the molecule is CCC(C)(CNC(=O)Cn1cccn1)N1CCOCC1. The fraction of sp³-hybridized carbons (Fsp3) is 0.714. The molecule has 1 unspecified atom stereocenters. The summed E-state index contributed by atoms with van der Waals surface area (Å²) in [5, 5.41) is 7.07. The van der Waals surface area contributed by atoms with Crippen molar-refractivity contribution in [2.24, 2.45) is 0 Å². The molecule has 1 aliphatic heterocycles. The van der Waals surface area contributed by atoms with Crippen LogP contribution in [0.3, 0.4) is 0 Å². The fourth-order valence-electron chi connectivity index (χ4n) is 2.45. The van der Waals surface area contributed by atoms with Crippen LogP contribution in [-0.4, -0.2) is 59.0 Å². The largest absolute Gasteiger partial charge is 0.379 e. The van der Waals surface area contributed by atoms with E-state index in [4.69, 9.17) is 4.74 Å². The van der Waals surface area contributed by atoms with E-state index >= 15 is 0 Å². The number of ether oxygens (including phenoxy) is 1. The summed E-state index contributed by atoms with van der Waals surface area (Å²) >= 11 is 0. The van der Waals surface area contributed by atoms with Gasteiger partial charge in [0.25, 0.3) is 0 Å². The summed E-state index contributed by atoms with van der Waals surface area (Å²) in [7, 11) is 0. The van der Waals surface area contributed by atoms with E-state index in [2.05, 4.69) is 29.2 Å². The highest BCUT2D eigenvalue weighted by Crippen LogP contribution is 2.19. The van der Waals surface area contributed by atoms with E-state index in [0.717, 1.165) is 32.7 Å². The van der Waals surface area contributed by atoms with Gasteiger partial charge in [-0.3, -0.25) is 14.4 Å². The van der Waals surface area contributed by atoms with Crippen LogP contribution in [0.25, 0.3) is 0 Å². The number of amides is 1. The smallest absolute Gasteiger partial charge is 0.241 e. The summed E-state index contributed by atoms with van der Waals surface area (Å²) in [6.45, 7) is 8.70. The van der Waals surface area contributed by atoms with E-state index in [1.807, 2.05) is 6.07 Å². The highest BCUT2D eigenvalue weighted by molar-refractivity contribution is 5.75. The van der Waals surface area contributed by atoms with Gasteiger partial charge in [0.05, 0.1) is 13.2 Å². The molecule has 6 nitrogen and oxygen atoms in total. The zero-order valence-electron chi connectivity index (χ0n) is 12.3. The monoisotopic (exact) mass is 280 g/mol. The van der Waals surface area contributed by atoms with Gasteiger partial charge in [0.1, 0.15) is 6.54 Å². The van der Waals surface area contributed by atoms with Gasteiger partial charge >= 0.3 is 0 Å². The minimum atomic E-state index is -0.0104. The van der Waals surface area contributed by atoms with Crippen LogP contribution in [0, 0.1) is 0 Å². The van der Waals surface area contributed by atoms with E-state index in [1.165, 1.54) is 0 Å². The zero-order chi connectivity index (χ0) is 14.4. The average molecular weight is 280 g/mol. The molecule has 20 heavy (non-hydrogen) atoms. The summed E-state index contributed by atoms with van der Waals surface area (Å²) in [6, 6.07) is 1.82. The van der Waals surface area contributed by atoms with Crippen molar-refractivity contribution in [2.45, 2.75) is 32.4 Å². The van der Waals surface area contributed by atoms with Gasteiger partial charge in [-0.2, -0.15) is 5.10 Å². The van der Waals surface area contributed by atoms with E-state index in [9.17, 15) is 4.79 Å². The van der Waals surface area contributed by atoms with Gasteiger partial charge in [-0.1, -0.05) is 6.92 Å². The lowest BCUT2D eigenvalue weighted by atomic mass is 9.95. The average Bonchev–Trinajstić information content (AvgIpc) is 2.98. The maximum atomic E-state index is 11.9. The molecule has 0 saturated carbocycles. The fourth-order valence-corrected chi connectivity index (χ4v) is 2.45. The van der Waals surface area contributed by atoms with Crippen molar-refractivity contribution in [3.8, 4) is 0 Å². The van der Waals surface area contributed by atoms with Crippen LogP contribution >= 0.6 is 0 Å². The number of rotatable bonds is 6. The van der Waals surface area contributed by atoms with Gasteiger partial charge < -0.3 is 10.1 Å². The summed E-state index contributed by atoms with van der Waals surface area (Å²) in [4.78, 5) is 14.3. The second kappa shape index (κ2) is 6.85. The molecule has 1 saturated heterocycles. The zero-order valence-corrected chi connectivity index (χ0v) is 12.3. The molecule has 1 amide bonds. The van der Waals surface area contributed by atoms with Gasteiger partial charge in [-0.25, -0.2) is 0 Å². The second-order valence-corrected chi connectivity index (χ2v) is 5.43. The van der Waals surface area contributed by atoms with Crippen LogP contribution in [0.1, 0.15) is 20.3 Å². The lowest BCUT2D eigenvalue weighted by Crippen LogP contribution is -2.57. The molecule has 0 radical (unpaired) electrons. The Morgan fingerprint density at radius 3 is 2.80 bits per heavy atom. The van der Waals surface area contributed by atoms with Crippen molar-refractivity contribution < 1.29 is 9.53 Å². The van der Waals surface area contributed by atoms with Crippen molar-refractivity contribution in [1.82, 2.24) is 20.0 Å². The Labute approximate surface area is 120 Å². The van der Waals surface area contributed by atoms with Gasteiger partial charge in [0.15, 0.2) is 0 Å². The van der Waals surface area contributed by atoms with Crippen molar-refractivity contribution in [3.63, 3.8) is 0 Å². The molecule has 1 N–H and O–H groups in total. The molecule has 1 aromatic rings. The number of hydrogen-bond donors (Lipinski definition) is 1. The predicted octanol–water partition coefficient (Wildman–Crippen LogP) is 0.500. The molecule has 0 spiro atoms. The lowest BCUT2D eigenvalue weighted by Gasteiger charge is -2.43. The molecule has 1 aromatic heterocycles. The molecule has 112 valence electrons. The van der Waals surface area contributed by atoms with Gasteiger partial charge in [0.2, 0.25) is 5.91 Å². The minimum absolute atomic E-state index is 0.00151. The first-order chi connectivity index (χ1) is 9.64. The summed E-state index contributed by atoms with van der Waals surface area (Å²) in [5.74, 6) is 0.00151. The Kier molecular flexibility index (Phi) is 5.14. The number of nitrogens with one attached hydrogen (secondary N) is 1. The van der Waals surface area contributed by atoms with Crippen LogP contribution in [0.15, 0.2) is 18.5 Å². The molecular formula is C14H24N4O2. The topological polar surface area (TPSA) is 59.4 Å². The van der Waals surface area contributed by atoms with Crippen molar-refractivity contribution in [1.29, 1.82) is 0 Å². The highest BCUT2D eigenvalue weighted by Gasteiger charge is 2.31. The first-order valence-electron chi connectivity index (χ1n) is 7.21. The number of aromatic nitrogens is 2. The summed E-state index contributed by atoms with van der Waals surface area (Å²) < 4.78 is 7.03. The molecule has 0 bridgehead atoms. The Balaban J connectivity index is 1.84. The van der Waals surface area contributed by atoms with Gasteiger partial charge in [0, 0.05) is 37.6 Å². The van der Waals surface area contributed by atoms with Crippen molar-refractivity contribution >= 4 is 5.91 Å². The lowest BCUT2D eigenvalue weighted by molar-refractivity contribution is -0.122. The maximum absolute atomic E-state index is 11.9.